The van der Waals surface area contributed by atoms with Gasteiger partial charge in [0.1, 0.15) is 6.61 Å². The quantitative estimate of drug-likeness (QED) is 0.812. The highest BCUT2D eigenvalue weighted by atomic mass is 79.9. The fourth-order valence-electron chi connectivity index (χ4n) is 1.53. The lowest BCUT2D eigenvalue weighted by atomic mass is 10.1. The van der Waals surface area contributed by atoms with Gasteiger partial charge >= 0.3 is 5.97 Å². The fraction of sp³-hybridized carbons (Fsp3) is 0.0667. The molecule has 2 aromatic carbocycles. The molecule has 0 aliphatic heterocycles. The highest BCUT2D eigenvalue weighted by Crippen LogP contribution is 2.12. The number of hydrogen-bond donors (Lipinski definition) is 0. The van der Waals surface area contributed by atoms with Crippen molar-refractivity contribution in [1.29, 1.82) is 5.26 Å². The van der Waals surface area contributed by atoms with Gasteiger partial charge in [0.15, 0.2) is 0 Å². The summed E-state index contributed by atoms with van der Waals surface area (Å²) < 4.78 is 6.17. The van der Waals surface area contributed by atoms with Crippen molar-refractivity contribution in [2.45, 2.75) is 6.61 Å². The molecule has 19 heavy (non-hydrogen) atoms. The first-order valence-electron chi connectivity index (χ1n) is 5.61. The molecule has 3 nitrogen and oxygen atoms in total. The van der Waals surface area contributed by atoms with Gasteiger partial charge in [-0.15, -0.1) is 0 Å². The van der Waals surface area contributed by atoms with Gasteiger partial charge in [0.05, 0.1) is 17.2 Å². The van der Waals surface area contributed by atoms with Gasteiger partial charge in [-0.2, -0.15) is 5.26 Å². The summed E-state index contributed by atoms with van der Waals surface area (Å²) in [5, 5.41) is 8.77. The van der Waals surface area contributed by atoms with E-state index in [2.05, 4.69) is 15.9 Å². The average Bonchev–Trinajstić information content (AvgIpc) is 2.46. The summed E-state index contributed by atoms with van der Waals surface area (Å²) >= 11 is 3.34. The lowest BCUT2D eigenvalue weighted by Crippen LogP contribution is -2.05. The summed E-state index contributed by atoms with van der Waals surface area (Å²) in [5.41, 5.74) is 1.74. The maximum absolute atomic E-state index is 11.8. The number of esters is 1. The molecule has 0 radical (unpaired) electrons. The molecule has 0 aromatic heterocycles. The van der Waals surface area contributed by atoms with Gasteiger partial charge in [0.2, 0.25) is 0 Å². The van der Waals surface area contributed by atoms with Crippen molar-refractivity contribution in [3.63, 3.8) is 0 Å². The minimum atomic E-state index is -0.431. The van der Waals surface area contributed by atoms with Crippen LogP contribution in [-0.2, 0) is 11.3 Å². The van der Waals surface area contributed by atoms with E-state index in [0.29, 0.717) is 11.1 Å². The number of nitriles is 1. The van der Waals surface area contributed by atoms with Gasteiger partial charge < -0.3 is 4.74 Å². The summed E-state index contributed by atoms with van der Waals surface area (Å²) in [6.45, 7) is 0.211. The Morgan fingerprint density at radius 1 is 1.21 bits per heavy atom. The van der Waals surface area contributed by atoms with Crippen molar-refractivity contribution in [2.24, 2.45) is 0 Å². The zero-order valence-corrected chi connectivity index (χ0v) is 11.6. The average molecular weight is 316 g/mol. The molecule has 0 amide bonds. The minimum Gasteiger partial charge on any atom is -0.457 e. The van der Waals surface area contributed by atoms with Crippen molar-refractivity contribution in [3.8, 4) is 6.07 Å². The highest BCUT2D eigenvalue weighted by molar-refractivity contribution is 9.10. The molecule has 0 saturated heterocycles. The zero-order chi connectivity index (χ0) is 13.7. The Morgan fingerprint density at radius 2 is 1.95 bits per heavy atom. The molecule has 0 fully saturated rings. The molecule has 0 spiro atoms. The molecule has 0 saturated carbocycles. The van der Waals surface area contributed by atoms with Crippen LogP contribution in [0.5, 0.6) is 0 Å². The van der Waals surface area contributed by atoms with Gasteiger partial charge in [-0.3, -0.25) is 0 Å². The van der Waals surface area contributed by atoms with Crippen LogP contribution in [0.15, 0.2) is 53.0 Å². The predicted octanol–water partition coefficient (Wildman–Crippen LogP) is 3.68. The lowest BCUT2D eigenvalue weighted by molar-refractivity contribution is 0.0472. The third-order valence-electron chi connectivity index (χ3n) is 2.51. The molecule has 0 unspecified atom stereocenters. The number of ether oxygens (including phenoxy) is 1. The second kappa shape index (κ2) is 6.17. The van der Waals surface area contributed by atoms with E-state index in [9.17, 15) is 4.79 Å². The van der Waals surface area contributed by atoms with Crippen molar-refractivity contribution in [1.82, 2.24) is 0 Å². The van der Waals surface area contributed by atoms with Crippen LogP contribution in [0.25, 0.3) is 0 Å². The van der Waals surface area contributed by atoms with E-state index < -0.39 is 5.97 Å². The van der Waals surface area contributed by atoms with Gasteiger partial charge in [-0.25, -0.2) is 4.79 Å². The van der Waals surface area contributed by atoms with E-state index in [1.807, 2.05) is 30.3 Å². The molecular weight excluding hydrogens is 306 g/mol. The number of halogens is 1. The second-order valence-corrected chi connectivity index (χ2v) is 4.81. The van der Waals surface area contributed by atoms with Crippen LogP contribution < -0.4 is 0 Å². The fourth-order valence-corrected chi connectivity index (χ4v) is 1.79. The third kappa shape index (κ3) is 3.67. The topological polar surface area (TPSA) is 50.1 Å². The van der Waals surface area contributed by atoms with Crippen LogP contribution in [0.3, 0.4) is 0 Å². The summed E-state index contributed by atoms with van der Waals surface area (Å²) in [7, 11) is 0. The van der Waals surface area contributed by atoms with E-state index in [1.54, 1.807) is 18.2 Å². The standard InChI is InChI=1S/C15H10BrNO2/c16-14-6-4-11(5-7-14)10-19-15(18)13-3-1-2-12(8-13)9-17/h1-8H,10H2. The van der Waals surface area contributed by atoms with E-state index in [1.165, 1.54) is 6.07 Å². The van der Waals surface area contributed by atoms with Crippen LogP contribution in [0.4, 0.5) is 0 Å². The number of carbonyl (C=O) groups is 1. The number of carbonyl (C=O) groups excluding carboxylic acids is 1. The molecule has 0 aliphatic carbocycles. The Bertz CT molecular complexity index is 629. The summed E-state index contributed by atoms with van der Waals surface area (Å²) in [4.78, 5) is 11.8. The molecule has 4 heteroatoms. The molecule has 2 rings (SSSR count). The normalized spacial score (nSPS) is 9.68. The van der Waals surface area contributed by atoms with E-state index in [0.717, 1.165) is 10.0 Å². The third-order valence-corrected chi connectivity index (χ3v) is 3.04. The van der Waals surface area contributed by atoms with Gasteiger partial charge in [0.25, 0.3) is 0 Å². The molecular formula is C15H10BrNO2. The van der Waals surface area contributed by atoms with Crippen molar-refractivity contribution in [3.05, 3.63) is 69.7 Å². The first kappa shape index (κ1) is 13.3. The molecule has 2 aromatic rings. The SMILES string of the molecule is N#Cc1cccc(C(=O)OCc2ccc(Br)cc2)c1. The maximum atomic E-state index is 11.8. The Labute approximate surface area is 119 Å². The smallest absolute Gasteiger partial charge is 0.338 e. The number of benzene rings is 2. The Hall–Kier alpha value is -2.12. The van der Waals surface area contributed by atoms with Gasteiger partial charge in [0, 0.05) is 4.47 Å². The number of hydrogen-bond acceptors (Lipinski definition) is 3. The minimum absolute atomic E-state index is 0.211. The Balaban J connectivity index is 2.01. The van der Waals surface area contributed by atoms with Crippen LogP contribution in [0.2, 0.25) is 0 Å². The number of rotatable bonds is 3. The zero-order valence-electron chi connectivity index (χ0n) is 9.97. The van der Waals surface area contributed by atoms with Gasteiger partial charge in [-0.05, 0) is 35.9 Å². The first-order valence-corrected chi connectivity index (χ1v) is 6.40. The van der Waals surface area contributed by atoms with Crippen LogP contribution in [0.1, 0.15) is 21.5 Å². The van der Waals surface area contributed by atoms with E-state index in [-0.39, 0.29) is 6.61 Å². The molecule has 0 N–H and O–H groups in total. The van der Waals surface area contributed by atoms with E-state index >= 15 is 0 Å². The van der Waals surface area contributed by atoms with E-state index in [4.69, 9.17) is 10.00 Å². The van der Waals surface area contributed by atoms with Crippen LogP contribution in [0, 0.1) is 11.3 Å². The molecule has 0 atom stereocenters. The second-order valence-electron chi connectivity index (χ2n) is 3.90. The number of nitrogens with zero attached hydrogens (tertiary/aromatic N) is 1. The Kier molecular flexibility index (Phi) is 4.32. The molecule has 0 heterocycles. The summed E-state index contributed by atoms with van der Waals surface area (Å²) in [6.07, 6.45) is 0. The largest absolute Gasteiger partial charge is 0.457 e. The molecule has 94 valence electrons. The summed E-state index contributed by atoms with van der Waals surface area (Å²) in [5.74, 6) is -0.431. The van der Waals surface area contributed by atoms with Crippen LogP contribution >= 0.6 is 15.9 Å². The first-order chi connectivity index (χ1) is 9.19. The summed E-state index contributed by atoms with van der Waals surface area (Å²) in [6, 6.07) is 16.0. The maximum Gasteiger partial charge on any atom is 0.338 e. The Morgan fingerprint density at radius 3 is 2.63 bits per heavy atom. The molecule has 0 aliphatic rings. The van der Waals surface area contributed by atoms with Crippen LogP contribution in [-0.4, -0.2) is 5.97 Å². The highest BCUT2D eigenvalue weighted by Gasteiger charge is 2.07. The van der Waals surface area contributed by atoms with Gasteiger partial charge in [-0.1, -0.05) is 34.1 Å². The van der Waals surface area contributed by atoms with Crippen molar-refractivity contribution < 1.29 is 9.53 Å². The van der Waals surface area contributed by atoms with Crippen molar-refractivity contribution in [2.75, 3.05) is 0 Å². The monoisotopic (exact) mass is 315 g/mol. The predicted molar refractivity (Wildman–Crippen MR) is 74.4 cm³/mol. The molecule has 0 bridgehead atoms. The lowest BCUT2D eigenvalue weighted by Gasteiger charge is -2.05. The van der Waals surface area contributed by atoms with Crippen molar-refractivity contribution >= 4 is 21.9 Å².